The van der Waals surface area contributed by atoms with Crippen molar-refractivity contribution in [2.45, 2.75) is 78.2 Å². The zero-order chi connectivity index (χ0) is 19.6. The molecule has 0 N–H and O–H groups in total. The Labute approximate surface area is 168 Å². The summed E-state index contributed by atoms with van der Waals surface area (Å²) < 4.78 is 6.23. The minimum Gasteiger partial charge on any atom is -0.458 e. The molecule has 2 unspecified atom stereocenters. The first kappa shape index (κ1) is 17.7. The van der Waals surface area contributed by atoms with Gasteiger partial charge in [-0.15, -0.1) is 0 Å². The Morgan fingerprint density at radius 2 is 1.82 bits per heavy atom. The Morgan fingerprint density at radius 3 is 2.54 bits per heavy atom. The number of carbonyl (C=O) groups excluding carboxylic acids is 2. The molecule has 10 atom stereocenters. The van der Waals surface area contributed by atoms with Gasteiger partial charge in [0.2, 0.25) is 0 Å². The third-order valence-corrected chi connectivity index (χ3v) is 11.0. The van der Waals surface area contributed by atoms with Crippen molar-refractivity contribution in [1.29, 1.82) is 0 Å². The first-order chi connectivity index (χ1) is 13.2. The van der Waals surface area contributed by atoms with Gasteiger partial charge in [-0.1, -0.05) is 33.3 Å². The van der Waals surface area contributed by atoms with Crippen LogP contribution in [0.15, 0.2) is 11.6 Å². The van der Waals surface area contributed by atoms with Gasteiger partial charge in [-0.05, 0) is 79.1 Å². The number of carbonyl (C=O) groups is 2. The van der Waals surface area contributed by atoms with Crippen LogP contribution in [0.2, 0.25) is 0 Å². The topological polar surface area (TPSA) is 43.4 Å². The fourth-order valence-electron chi connectivity index (χ4n) is 9.61. The molecule has 1 spiro atoms. The molecule has 6 rings (SSSR count). The molecule has 1 heterocycles. The smallest absolute Gasteiger partial charge is 0.306 e. The molecule has 5 fully saturated rings. The maximum Gasteiger partial charge on any atom is 0.306 e. The number of esters is 1. The van der Waals surface area contributed by atoms with Crippen LogP contribution in [-0.2, 0) is 14.3 Å². The molecule has 5 aliphatic carbocycles. The zero-order valence-corrected chi connectivity index (χ0v) is 17.8. The largest absolute Gasteiger partial charge is 0.458 e. The summed E-state index contributed by atoms with van der Waals surface area (Å²) in [6, 6.07) is 0. The maximum absolute atomic E-state index is 12.2. The lowest BCUT2D eigenvalue weighted by atomic mass is 9.41. The summed E-state index contributed by atoms with van der Waals surface area (Å²) in [5.74, 6) is 4.93. The van der Waals surface area contributed by atoms with E-state index in [0.29, 0.717) is 47.7 Å². The third-order valence-electron chi connectivity index (χ3n) is 11.0. The Kier molecular flexibility index (Phi) is 3.25. The quantitative estimate of drug-likeness (QED) is 0.557. The average molecular weight is 383 g/mol. The van der Waals surface area contributed by atoms with Crippen molar-refractivity contribution in [3.8, 4) is 0 Å². The van der Waals surface area contributed by atoms with Crippen LogP contribution >= 0.6 is 0 Å². The van der Waals surface area contributed by atoms with E-state index >= 15 is 0 Å². The van der Waals surface area contributed by atoms with E-state index < -0.39 is 0 Å². The van der Waals surface area contributed by atoms with Crippen molar-refractivity contribution < 1.29 is 14.3 Å². The fraction of sp³-hybridized carbons (Fsp3) is 0.840. The van der Waals surface area contributed by atoms with Gasteiger partial charge in [0.15, 0.2) is 5.78 Å². The van der Waals surface area contributed by atoms with Crippen molar-refractivity contribution in [1.82, 2.24) is 0 Å². The SMILES string of the molecule is C[C@@H]1[C@@H]2C(CC[C@@]3(C)C2[C@@H]2C[C@@H]2[C@@]32CCC(=O)O2)[C@@]2(C)CCC(=O)C=C2[C@@H]1C. The van der Waals surface area contributed by atoms with Crippen molar-refractivity contribution in [3.63, 3.8) is 0 Å². The van der Waals surface area contributed by atoms with Crippen LogP contribution < -0.4 is 0 Å². The Morgan fingerprint density at radius 1 is 1.04 bits per heavy atom. The molecule has 152 valence electrons. The van der Waals surface area contributed by atoms with E-state index in [9.17, 15) is 9.59 Å². The predicted octanol–water partition coefficient (Wildman–Crippen LogP) is 4.94. The molecule has 0 amide bonds. The predicted molar refractivity (Wildman–Crippen MR) is 106 cm³/mol. The van der Waals surface area contributed by atoms with Crippen molar-refractivity contribution >= 4 is 11.8 Å². The van der Waals surface area contributed by atoms with Crippen LogP contribution in [0.1, 0.15) is 72.6 Å². The van der Waals surface area contributed by atoms with Crippen LogP contribution in [0.25, 0.3) is 0 Å². The summed E-state index contributed by atoms with van der Waals surface area (Å²) in [5, 5.41) is 0. The minimum atomic E-state index is -0.160. The van der Waals surface area contributed by atoms with Crippen LogP contribution in [0, 0.1) is 52.3 Å². The normalized spacial score (nSPS) is 59.1. The minimum absolute atomic E-state index is 0.0442. The van der Waals surface area contributed by atoms with Gasteiger partial charge < -0.3 is 4.74 Å². The molecule has 0 aromatic rings. The fourth-order valence-corrected chi connectivity index (χ4v) is 9.61. The highest BCUT2D eigenvalue weighted by Crippen LogP contribution is 2.80. The van der Waals surface area contributed by atoms with Crippen molar-refractivity contribution in [2.75, 3.05) is 0 Å². The lowest BCUT2D eigenvalue weighted by molar-refractivity contribution is -0.181. The molecular formula is C25H34O3. The lowest BCUT2D eigenvalue weighted by Crippen LogP contribution is -2.59. The van der Waals surface area contributed by atoms with Gasteiger partial charge in [-0.25, -0.2) is 0 Å². The molecule has 0 aromatic carbocycles. The Hall–Kier alpha value is -1.12. The van der Waals surface area contributed by atoms with Crippen LogP contribution in [0.3, 0.4) is 0 Å². The van der Waals surface area contributed by atoms with Crippen molar-refractivity contribution in [2.24, 2.45) is 52.3 Å². The van der Waals surface area contributed by atoms with E-state index in [-0.39, 0.29) is 22.4 Å². The summed E-state index contributed by atoms with van der Waals surface area (Å²) in [6.07, 6.45) is 9.07. The molecule has 28 heavy (non-hydrogen) atoms. The van der Waals surface area contributed by atoms with E-state index in [4.69, 9.17) is 4.74 Å². The van der Waals surface area contributed by atoms with Gasteiger partial charge in [-0.3, -0.25) is 9.59 Å². The van der Waals surface area contributed by atoms with Gasteiger partial charge in [0, 0.05) is 24.2 Å². The van der Waals surface area contributed by atoms with E-state index in [0.717, 1.165) is 25.2 Å². The van der Waals surface area contributed by atoms with Crippen LogP contribution in [-0.4, -0.2) is 17.4 Å². The number of fused-ring (bicyclic) bond motifs is 9. The van der Waals surface area contributed by atoms with Crippen LogP contribution in [0.4, 0.5) is 0 Å². The second-order valence-electron chi connectivity index (χ2n) is 11.7. The monoisotopic (exact) mass is 382 g/mol. The molecule has 3 heteroatoms. The first-order valence-electron chi connectivity index (χ1n) is 11.7. The number of ether oxygens (including phenoxy) is 1. The molecule has 4 saturated carbocycles. The molecule has 0 bridgehead atoms. The molecule has 0 radical (unpaired) electrons. The molecule has 6 aliphatic rings. The summed E-state index contributed by atoms with van der Waals surface area (Å²) in [7, 11) is 0. The zero-order valence-electron chi connectivity index (χ0n) is 17.8. The van der Waals surface area contributed by atoms with Gasteiger partial charge in [-0.2, -0.15) is 0 Å². The standard InChI is InChI=1S/C25H34O3/c1-13-14(2)21-17(23(3)8-5-15(26)11-18(13)23)6-9-24(4)22(21)16-12-19(16)25(24)10-7-20(27)28-25/h11,13-14,16-17,19,21-22H,5-10,12H2,1-4H3/t13-,14+,16-,17?,19+,21-,22?,23-,24+,25+/m1/s1. The summed E-state index contributed by atoms with van der Waals surface area (Å²) in [6.45, 7) is 9.78. The molecule has 3 nitrogen and oxygen atoms in total. The van der Waals surface area contributed by atoms with Gasteiger partial charge in [0.1, 0.15) is 5.60 Å². The second-order valence-corrected chi connectivity index (χ2v) is 11.7. The molecule has 1 aliphatic heterocycles. The molecule has 1 saturated heterocycles. The van der Waals surface area contributed by atoms with Gasteiger partial charge in [0.25, 0.3) is 0 Å². The molecular weight excluding hydrogens is 348 g/mol. The average Bonchev–Trinajstić information content (AvgIpc) is 3.30. The Bertz CT molecular complexity index is 813. The maximum atomic E-state index is 12.2. The molecule has 0 aromatic heterocycles. The Balaban J connectivity index is 1.45. The number of allylic oxidation sites excluding steroid dienone is 1. The van der Waals surface area contributed by atoms with E-state index in [1.807, 2.05) is 6.08 Å². The second kappa shape index (κ2) is 5.13. The highest BCUT2D eigenvalue weighted by molar-refractivity contribution is 5.91. The van der Waals surface area contributed by atoms with E-state index in [1.165, 1.54) is 24.8 Å². The van der Waals surface area contributed by atoms with Crippen molar-refractivity contribution in [3.05, 3.63) is 11.6 Å². The third kappa shape index (κ3) is 1.80. The lowest BCUT2D eigenvalue weighted by Gasteiger charge is -2.63. The summed E-state index contributed by atoms with van der Waals surface area (Å²) >= 11 is 0. The summed E-state index contributed by atoms with van der Waals surface area (Å²) in [4.78, 5) is 24.4. The van der Waals surface area contributed by atoms with Gasteiger partial charge >= 0.3 is 5.97 Å². The summed E-state index contributed by atoms with van der Waals surface area (Å²) in [5.41, 5.74) is 1.64. The van der Waals surface area contributed by atoms with E-state index in [1.54, 1.807) is 0 Å². The number of ketones is 1. The number of rotatable bonds is 0. The number of hydrogen-bond acceptors (Lipinski definition) is 3. The van der Waals surface area contributed by atoms with Gasteiger partial charge in [0.05, 0.1) is 0 Å². The first-order valence-corrected chi connectivity index (χ1v) is 11.7. The highest BCUT2D eigenvalue weighted by atomic mass is 16.6. The number of hydrogen-bond donors (Lipinski definition) is 0. The van der Waals surface area contributed by atoms with Crippen LogP contribution in [0.5, 0.6) is 0 Å². The van der Waals surface area contributed by atoms with E-state index in [2.05, 4.69) is 27.7 Å². The highest BCUT2D eigenvalue weighted by Gasteiger charge is 2.79.